The van der Waals surface area contributed by atoms with Gasteiger partial charge in [-0.3, -0.25) is 0 Å². The van der Waals surface area contributed by atoms with Crippen molar-refractivity contribution < 1.29 is 23.1 Å². The lowest BCUT2D eigenvalue weighted by Crippen LogP contribution is -2.09. The highest BCUT2D eigenvalue weighted by molar-refractivity contribution is 5.90. The van der Waals surface area contributed by atoms with Crippen LogP contribution in [-0.4, -0.2) is 23.3 Å². The van der Waals surface area contributed by atoms with Gasteiger partial charge in [-0.05, 0) is 44.2 Å². The van der Waals surface area contributed by atoms with Crippen molar-refractivity contribution in [2.24, 2.45) is 0 Å². The Hall–Kier alpha value is -3.09. The number of hydrogen-bond acceptors (Lipinski definition) is 7. The quantitative estimate of drug-likeness (QED) is 0.662. The van der Waals surface area contributed by atoms with Gasteiger partial charge in [0.25, 0.3) is 5.89 Å². The van der Waals surface area contributed by atoms with Crippen LogP contribution in [0.1, 0.15) is 35.0 Å². The average molecular weight is 328 g/mol. The summed E-state index contributed by atoms with van der Waals surface area (Å²) in [4.78, 5) is 12.1. The van der Waals surface area contributed by atoms with E-state index in [1.807, 2.05) is 12.1 Å². The minimum absolute atomic E-state index is 0.218. The molecule has 0 fully saturated rings. The third kappa shape index (κ3) is 3.15. The van der Waals surface area contributed by atoms with Crippen LogP contribution in [0.5, 0.6) is 5.75 Å². The first-order chi connectivity index (χ1) is 11.6. The molecule has 7 heteroatoms. The Labute approximate surface area is 138 Å². The zero-order valence-electron chi connectivity index (χ0n) is 13.5. The number of methoxy groups -OCH3 is 1. The van der Waals surface area contributed by atoms with E-state index in [0.29, 0.717) is 17.2 Å². The minimum atomic E-state index is -0.675. The van der Waals surface area contributed by atoms with E-state index >= 15 is 0 Å². The Morgan fingerprint density at radius 2 is 1.92 bits per heavy atom. The molecule has 0 aliphatic carbocycles. The highest BCUT2D eigenvalue weighted by atomic mass is 16.6. The lowest BCUT2D eigenvalue weighted by molar-refractivity contribution is 0.0278. The average Bonchev–Trinajstić information content (AvgIpc) is 3.24. The van der Waals surface area contributed by atoms with Gasteiger partial charge in [0.2, 0.25) is 5.89 Å². The van der Waals surface area contributed by atoms with Crippen molar-refractivity contribution in [2.45, 2.75) is 20.0 Å². The van der Waals surface area contributed by atoms with E-state index in [-0.39, 0.29) is 5.89 Å². The van der Waals surface area contributed by atoms with E-state index in [1.165, 1.54) is 6.26 Å². The fourth-order valence-electron chi connectivity index (χ4n) is 2.12. The molecule has 1 unspecified atom stereocenters. The molecular weight excluding hydrogens is 312 g/mol. The number of nitrogens with zero attached hydrogens (tertiary/aromatic N) is 2. The highest BCUT2D eigenvalue weighted by Crippen LogP contribution is 2.25. The van der Waals surface area contributed by atoms with Gasteiger partial charge in [-0.25, -0.2) is 4.79 Å². The van der Waals surface area contributed by atoms with Crippen LogP contribution in [0.15, 0.2) is 45.4 Å². The van der Waals surface area contributed by atoms with Crippen molar-refractivity contribution in [1.82, 2.24) is 10.2 Å². The summed E-state index contributed by atoms with van der Waals surface area (Å²) in [6.45, 7) is 3.36. The summed E-state index contributed by atoms with van der Waals surface area (Å²) in [6, 6.07) is 8.76. The molecule has 0 saturated carbocycles. The minimum Gasteiger partial charge on any atom is -0.497 e. The number of aryl methyl sites for hydroxylation is 1. The van der Waals surface area contributed by atoms with Crippen molar-refractivity contribution in [1.29, 1.82) is 0 Å². The number of carbonyl (C=O) groups is 1. The normalized spacial score (nSPS) is 12.0. The molecule has 0 aliphatic heterocycles. The Kier molecular flexibility index (Phi) is 4.33. The van der Waals surface area contributed by atoms with Gasteiger partial charge in [-0.15, -0.1) is 10.2 Å². The van der Waals surface area contributed by atoms with Crippen LogP contribution in [0.3, 0.4) is 0 Å². The Morgan fingerprint density at radius 3 is 2.54 bits per heavy atom. The van der Waals surface area contributed by atoms with Gasteiger partial charge in [0.05, 0.1) is 13.4 Å². The first kappa shape index (κ1) is 15.8. The summed E-state index contributed by atoms with van der Waals surface area (Å²) in [6.07, 6.45) is 0.761. The molecule has 0 bridgehead atoms. The van der Waals surface area contributed by atoms with Crippen LogP contribution >= 0.6 is 0 Å². The number of benzene rings is 1. The molecule has 0 radical (unpaired) electrons. The molecule has 0 aliphatic rings. The second-order valence-electron chi connectivity index (χ2n) is 5.11. The molecule has 0 spiro atoms. The maximum Gasteiger partial charge on any atom is 0.342 e. The van der Waals surface area contributed by atoms with Crippen LogP contribution in [-0.2, 0) is 4.74 Å². The molecule has 2 aromatic heterocycles. The van der Waals surface area contributed by atoms with Crippen molar-refractivity contribution in [3.05, 3.63) is 53.8 Å². The first-order valence-corrected chi connectivity index (χ1v) is 7.31. The lowest BCUT2D eigenvalue weighted by Gasteiger charge is -2.08. The molecule has 0 N–H and O–H groups in total. The molecule has 1 atom stereocenters. The molecule has 24 heavy (non-hydrogen) atoms. The van der Waals surface area contributed by atoms with Gasteiger partial charge >= 0.3 is 5.97 Å². The molecule has 124 valence electrons. The Morgan fingerprint density at radius 1 is 1.17 bits per heavy atom. The zero-order valence-corrected chi connectivity index (χ0v) is 13.5. The van der Waals surface area contributed by atoms with Crippen LogP contribution in [0.2, 0.25) is 0 Å². The van der Waals surface area contributed by atoms with Crippen molar-refractivity contribution >= 4 is 5.97 Å². The zero-order chi connectivity index (χ0) is 17.1. The lowest BCUT2D eigenvalue weighted by atomic mass is 10.2. The molecule has 0 saturated heterocycles. The van der Waals surface area contributed by atoms with E-state index in [0.717, 1.165) is 11.3 Å². The smallest absolute Gasteiger partial charge is 0.342 e. The Bertz CT molecular complexity index is 835. The van der Waals surface area contributed by atoms with E-state index in [9.17, 15) is 4.79 Å². The number of aromatic nitrogens is 2. The SMILES string of the molecule is COc1ccc(-c2nnc(C(C)OC(=O)c3ccoc3C)o2)cc1. The van der Waals surface area contributed by atoms with Crippen LogP contribution in [0, 0.1) is 6.92 Å². The predicted octanol–water partition coefficient (Wildman–Crippen LogP) is 3.56. The third-order valence-corrected chi connectivity index (χ3v) is 3.49. The topological polar surface area (TPSA) is 87.6 Å². The second kappa shape index (κ2) is 6.57. The summed E-state index contributed by atoms with van der Waals surface area (Å²) < 4.78 is 21.1. The number of ether oxygens (including phenoxy) is 2. The molecule has 3 rings (SSSR count). The van der Waals surface area contributed by atoms with Crippen LogP contribution in [0.4, 0.5) is 0 Å². The first-order valence-electron chi connectivity index (χ1n) is 7.31. The number of hydrogen-bond donors (Lipinski definition) is 0. The number of esters is 1. The van der Waals surface area contributed by atoms with Gasteiger partial charge < -0.3 is 18.3 Å². The van der Waals surface area contributed by atoms with E-state index < -0.39 is 12.1 Å². The number of rotatable bonds is 5. The Balaban J connectivity index is 1.72. The van der Waals surface area contributed by atoms with Crippen LogP contribution in [0.25, 0.3) is 11.5 Å². The summed E-state index contributed by atoms with van der Waals surface area (Å²) in [5.41, 5.74) is 1.12. The molecule has 0 amide bonds. The summed E-state index contributed by atoms with van der Waals surface area (Å²) >= 11 is 0. The van der Waals surface area contributed by atoms with Gasteiger partial charge in [0, 0.05) is 5.56 Å². The van der Waals surface area contributed by atoms with Gasteiger partial charge in [-0.1, -0.05) is 0 Å². The van der Waals surface area contributed by atoms with Crippen molar-refractivity contribution in [3.8, 4) is 17.2 Å². The maximum atomic E-state index is 12.1. The monoisotopic (exact) mass is 328 g/mol. The summed E-state index contributed by atoms with van der Waals surface area (Å²) in [7, 11) is 1.59. The summed E-state index contributed by atoms with van der Waals surface area (Å²) in [5, 5.41) is 7.93. The van der Waals surface area contributed by atoms with E-state index in [2.05, 4.69) is 10.2 Å². The van der Waals surface area contributed by atoms with E-state index in [4.69, 9.17) is 18.3 Å². The van der Waals surface area contributed by atoms with Crippen molar-refractivity contribution in [2.75, 3.05) is 7.11 Å². The number of furan rings is 1. The van der Waals surface area contributed by atoms with Gasteiger partial charge in [0.15, 0.2) is 6.10 Å². The molecule has 7 nitrogen and oxygen atoms in total. The largest absolute Gasteiger partial charge is 0.497 e. The molecule has 3 aromatic rings. The van der Waals surface area contributed by atoms with Gasteiger partial charge in [0.1, 0.15) is 17.1 Å². The highest BCUT2D eigenvalue weighted by Gasteiger charge is 2.21. The predicted molar refractivity (Wildman–Crippen MR) is 83.6 cm³/mol. The molecule has 2 heterocycles. The van der Waals surface area contributed by atoms with Crippen LogP contribution < -0.4 is 4.74 Å². The maximum absolute atomic E-state index is 12.1. The standard InChI is InChI=1S/C17H16N2O5/c1-10-14(8-9-22-10)17(20)23-11(2)15-18-19-16(24-15)12-4-6-13(21-3)7-5-12/h4-9,11H,1-3H3. The number of carbonyl (C=O) groups excluding carboxylic acids is 1. The fourth-order valence-corrected chi connectivity index (χ4v) is 2.12. The second-order valence-corrected chi connectivity index (χ2v) is 5.11. The fraction of sp³-hybridized carbons (Fsp3) is 0.235. The third-order valence-electron chi connectivity index (χ3n) is 3.49. The summed E-state index contributed by atoms with van der Waals surface area (Å²) in [5.74, 6) is 1.29. The van der Waals surface area contributed by atoms with Crippen molar-refractivity contribution in [3.63, 3.8) is 0 Å². The molecule has 1 aromatic carbocycles. The van der Waals surface area contributed by atoms with Gasteiger partial charge in [-0.2, -0.15) is 0 Å². The van der Waals surface area contributed by atoms with E-state index in [1.54, 1.807) is 39.2 Å². The molecular formula is C17H16N2O5.